The van der Waals surface area contributed by atoms with E-state index in [-0.39, 0.29) is 5.82 Å². The SMILES string of the molecule is Cc1cn2c(=O)c(C(=O)NS(=O)(=O)N(C)C)c(N)[nH]c2c1C. The maximum absolute atomic E-state index is 12.4. The Hall–Kier alpha value is -2.33. The zero-order valence-corrected chi connectivity index (χ0v) is 13.4. The lowest BCUT2D eigenvalue weighted by Crippen LogP contribution is -2.42. The highest BCUT2D eigenvalue weighted by molar-refractivity contribution is 7.87. The van der Waals surface area contributed by atoms with Crippen molar-refractivity contribution in [2.45, 2.75) is 13.8 Å². The molecule has 2 aromatic heterocycles. The Kier molecular flexibility index (Phi) is 3.75. The summed E-state index contributed by atoms with van der Waals surface area (Å²) in [4.78, 5) is 27.3. The Morgan fingerprint density at radius 3 is 2.50 bits per heavy atom. The molecule has 0 unspecified atom stereocenters. The second-order valence-corrected chi connectivity index (χ2v) is 6.98. The van der Waals surface area contributed by atoms with Gasteiger partial charge in [-0.1, -0.05) is 0 Å². The highest BCUT2D eigenvalue weighted by Gasteiger charge is 2.24. The Balaban J connectivity index is 2.62. The first kappa shape index (κ1) is 16.0. The minimum Gasteiger partial charge on any atom is -0.384 e. The molecule has 0 aromatic carbocycles. The predicted octanol–water partition coefficient (Wildman–Crippen LogP) is -0.637. The average molecular weight is 327 g/mol. The first-order valence-corrected chi connectivity index (χ1v) is 7.75. The second-order valence-electron chi connectivity index (χ2n) is 5.09. The molecule has 9 nitrogen and oxygen atoms in total. The summed E-state index contributed by atoms with van der Waals surface area (Å²) in [6.45, 7) is 3.61. The maximum Gasteiger partial charge on any atom is 0.303 e. The van der Waals surface area contributed by atoms with Crippen molar-refractivity contribution >= 4 is 27.6 Å². The van der Waals surface area contributed by atoms with Crippen LogP contribution in [0.5, 0.6) is 0 Å². The normalized spacial score (nSPS) is 12.0. The van der Waals surface area contributed by atoms with Crippen molar-refractivity contribution in [2.75, 3.05) is 19.8 Å². The molecule has 0 saturated carbocycles. The van der Waals surface area contributed by atoms with Crippen molar-refractivity contribution in [3.63, 3.8) is 0 Å². The van der Waals surface area contributed by atoms with Crippen LogP contribution in [0.25, 0.3) is 5.65 Å². The number of aryl methyl sites for hydroxylation is 2. The van der Waals surface area contributed by atoms with Gasteiger partial charge < -0.3 is 10.7 Å². The Morgan fingerprint density at radius 1 is 1.36 bits per heavy atom. The Bertz CT molecular complexity index is 923. The zero-order valence-electron chi connectivity index (χ0n) is 12.6. The van der Waals surface area contributed by atoms with Gasteiger partial charge in [0.2, 0.25) is 0 Å². The molecule has 0 atom stereocenters. The summed E-state index contributed by atoms with van der Waals surface area (Å²) in [5, 5.41) is 0. The number of nitrogens with one attached hydrogen (secondary N) is 2. The van der Waals surface area contributed by atoms with Gasteiger partial charge in [-0.3, -0.25) is 14.0 Å². The molecule has 0 saturated heterocycles. The molecule has 2 heterocycles. The van der Waals surface area contributed by atoms with Gasteiger partial charge >= 0.3 is 10.2 Å². The lowest BCUT2D eigenvalue weighted by Gasteiger charge is -2.13. The molecule has 0 aliphatic rings. The molecule has 120 valence electrons. The van der Waals surface area contributed by atoms with E-state index in [1.54, 1.807) is 17.8 Å². The molecular formula is C12H17N5O4S. The number of amides is 1. The summed E-state index contributed by atoms with van der Waals surface area (Å²) < 4.78 is 27.2. The van der Waals surface area contributed by atoms with E-state index in [0.29, 0.717) is 5.65 Å². The molecule has 1 amide bonds. The van der Waals surface area contributed by atoms with Crippen LogP contribution in [-0.4, -0.2) is 42.1 Å². The van der Waals surface area contributed by atoms with Crippen LogP contribution in [0, 0.1) is 13.8 Å². The van der Waals surface area contributed by atoms with Gasteiger partial charge in [0.05, 0.1) is 0 Å². The molecule has 0 aliphatic heterocycles. The maximum atomic E-state index is 12.4. The number of hydrogen-bond donors (Lipinski definition) is 3. The smallest absolute Gasteiger partial charge is 0.303 e. The molecule has 0 aliphatic carbocycles. The van der Waals surface area contributed by atoms with Crippen LogP contribution in [0.2, 0.25) is 0 Å². The van der Waals surface area contributed by atoms with Gasteiger partial charge in [0, 0.05) is 20.3 Å². The van der Waals surface area contributed by atoms with Crippen LogP contribution in [-0.2, 0) is 10.2 Å². The van der Waals surface area contributed by atoms with E-state index in [2.05, 4.69) is 4.98 Å². The van der Waals surface area contributed by atoms with Gasteiger partial charge in [0.15, 0.2) is 0 Å². The molecule has 0 spiro atoms. The topological polar surface area (TPSA) is 130 Å². The number of aromatic nitrogens is 2. The van der Waals surface area contributed by atoms with Crippen LogP contribution in [0.4, 0.5) is 5.82 Å². The highest BCUT2D eigenvalue weighted by atomic mass is 32.2. The molecule has 22 heavy (non-hydrogen) atoms. The van der Waals surface area contributed by atoms with E-state index in [1.165, 1.54) is 18.5 Å². The monoisotopic (exact) mass is 327 g/mol. The second kappa shape index (κ2) is 5.14. The molecule has 2 rings (SSSR count). The molecule has 2 aromatic rings. The van der Waals surface area contributed by atoms with Gasteiger partial charge in [-0.15, -0.1) is 0 Å². The molecule has 0 radical (unpaired) electrons. The van der Waals surface area contributed by atoms with E-state index in [4.69, 9.17) is 5.73 Å². The van der Waals surface area contributed by atoms with Crippen molar-refractivity contribution in [1.29, 1.82) is 0 Å². The van der Waals surface area contributed by atoms with Crippen LogP contribution in [0.3, 0.4) is 0 Å². The number of carbonyl (C=O) groups is 1. The fraction of sp³-hybridized carbons (Fsp3) is 0.333. The molecule has 4 N–H and O–H groups in total. The van der Waals surface area contributed by atoms with Crippen molar-refractivity contribution in [1.82, 2.24) is 18.4 Å². The minimum absolute atomic E-state index is 0.190. The van der Waals surface area contributed by atoms with Crippen LogP contribution in [0.1, 0.15) is 21.5 Å². The van der Waals surface area contributed by atoms with Crippen molar-refractivity contribution in [3.8, 4) is 0 Å². The van der Waals surface area contributed by atoms with Gasteiger partial charge in [0.1, 0.15) is 17.0 Å². The number of carbonyl (C=O) groups excluding carboxylic acids is 1. The van der Waals surface area contributed by atoms with Gasteiger partial charge in [-0.05, 0) is 25.0 Å². The van der Waals surface area contributed by atoms with E-state index in [1.807, 2.05) is 6.92 Å². The number of anilines is 1. The fourth-order valence-corrected chi connectivity index (χ4v) is 2.46. The average Bonchev–Trinajstić information content (AvgIpc) is 2.66. The summed E-state index contributed by atoms with van der Waals surface area (Å²) in [5.41, 5.74) is 6.71. The summed E-state index contributed by atoms with van der Waals surface area (Å²) in [7, 11) is -1.51. The third-order valence-electron chi connectivity index (χ3n) is 3.39. The summed E-state index contributed by atoms with van der Waals surface area (Å²) in [5.74, 6) is -1.27. The molecule has 0 bridgehead atoms. The van der Waals surface area contributed by atoms with E-state index >= 15 is 0 Å². The van der Waals surface area contributed by atoms with E-state index < -0.39 is 27.2 Å². The van der Waals surface area contributed by atoms with Crippen molar-refractivity contribution in [3.05, 3.63) is 33.2 Å². The molecular weight excluding hydrogens is 310 g/mol. The number of nitrogens with zero attached hydrogens (tertiary/aromatic N) is 2. The van der Waals surface area contributed by atoms with E-state index in [0.717, 1.165) is 15.4 Å². The van der Waals surface area contributed by atoms with Gasteiger partial charge in [-0.25, -0.2) is 4.72 Å². The summed E-state index contributed by atoms with van der Waals surface area (Å²) in [6.07, 6.45) is 1.56. The number of aromatic amines is 1. The van der Waals surface area contributed by atoms with E-state index in [9.17, 15) is 18.0 Å². The number of H-pyrrole nitrogens is 1. The van der Waals surface area contributed by atoms with Crippen LogP contribution >= 0.6 is 0 Å². The van der Waals surface area contributed by atoms with Crippen LogP contribution < -0.4 is 16.0 Å². The quantitative estimate of drug-likeness (QED) is 0.690. The largest absolute Gasteiger partial charge is 0.384 e. The third-order valence-corrected chi connectivity index (χ3v) is 4.80. The Labute approximate surface area is 126 Å². The number of nitrogens with two attached hydrogens (primary N) is 1. The lowest BCUT2D eigenvalue weighted by atomic mass is 10.2. The number of fused-ring (bicyclic) bond motifs is 1. The standard InChI is InChI=1S/C12H17N5O4S/c1-6-5-17-10(7(6)2)14-9(13)8(12(17)19)11(18)15-22(20,21)16(3)4/h5,14H,13H2,1-4H3,(H,15,18). The minimum atomic E-state index is -4.02. The number of nitrogen functional groups attached to an aromatic ring is 1. The number of rotatable bonds is 3. The van der Waals surface area contributed by atoms with Crippen molar-refractivity contribution < 1.29 is 13.2 Å². The summed E-state index contributed by atoms with van der Waals surface area (Å²) in [6, 6.07) is 0. The van der Waals surface area contributed by atoms with Gasteiger partial charge in [-0.2, -0.15) is 12.7 Å². The summed E-state index contributed by atoms with van der Waals surface area (Å²) >= 11 is 0. The Morgan fingerprint density at radius 2 is 1.95 bits per heavy atom. The lowest BCUT2D eigenvalue weighted by molar-refractivity contribution is 0.0978. The molecule has 10 heteroatoms. The third kappa shape index (κ3) is 2.46. The first-order chi connectivity index (χ1) is 10.1. The predicted molar refractivity (Wildman–Crippen MR) is 82.0 cm³/mol. The fourth-order valence-electron chi connectivity index (χ4n) is 1.94. The van der Waals surface area contributed by atoms with Crippen molar-refractivity contribution in [2.24, 2.45) is 0 Å². The molecule has 0 fully saturated rings. The van der Waals surface area contributed by atoms with Gasteiger partial charge in [0.25, 0.3) is 11.5 Å². The highest BCUT2D eigenvalue weighted by Crippen LogP contribution is 2.16. The first-order valence-electron chi connectivity index (χ1n) is 6.31. The zero-order chi connectivity index (χ0) is 16.8. The number of hydrogen-bond acceptors (Lipinski definition) is 5. The van der Waals surface area contributed by atoms with Crippen LogP contribution in [0.15, 0.2) is 11.0 Å².